The first kappa shape index (κ1) is 13.9. The summed E-state index contributed by atoms with van der Waals surface area (Å²) in [7, 11) is 0. The van der Waals surface area contributed by atoms with Gasteiger partial charge in [0, 0.05) is 16.7 Å². The first-order valence-electron chi connectivity index (χ1n) is 6.26. The molecule has 0 radical (unpaired) electrons. The first-order chi connectivity index (χ1) is 8.97. The van der Waals surface area contributed by atoms with Crippen molar-refractivity contribution in [1.82, 2.24) is 0 Å². The Labute approximate surface area is 122 Å². The van der Waals surface area contributed by atoms with E-state index >= 15 is 0 Å². The van der Waals surface area contributed by atoms with Crippen LogP contribution in [0.25, 0.3) is 0 Å². The highest BCUT2D eigenvalue weighted by atomic mass is 79.9. The molecule has 0 bridgehead atoms. The number of aromatic hydroxyl groups is 1. The van der Waals surface area contributed by atoms with E-state index in [1.165, 1.54) is 11.1 Å². The van der Waals surface area contributed by atoms with Crippen LogP contribution in [0.5, 0.6) is 5.75 Å². The fourth-order valence-electron chi connectivity index (χ4n) is 2.12. The molecule has 2 aromatic rings. The van der Waals surface area contributed by atoms with Crippen molar-refractivity contribution in [2.45, 2.75) is 27.3 Å². The minimum Gasteiger partial charge on any atom is -0.507 e. The number of hydrogen-bond acceptors (Lipinski definition) is 2. The second kappa shape index (κ2) is 5.66. The van der Waals surface area contributed by atoms with Gasteiger partial charge < -0.3 is 10.4 Å². The van der Waals surface area contributed by atoms with Crippen LogP contribution in [0.3, 0.4) is 0 Å². The smallest absolute Gasteiger partial charge is 0.121 e. The van der Waals surface area contributed by atoms with Crippen LogP contribution in [0.4, 0.5) is 5.69 Å². The molecule has 0 unspecified atom stereocenters. The molecule has 0 saturated carbocycles. The number of phenols is 1. The first-order valence-corrected chi connectivity index (χ1v) is 7.06. The normalized spacial score (nSPS) is 10.5. The third kappa shape index (κ3) is 3.29. The molecule has 0 saturated heterocycles. The van der Waals surface area contributed by atoms with Crippen LogP contribution in [0.15, 0.2) is 34.8 Å². The molecule has 0 aliphatic rings. The largest absolute Gasteiger partial charge is 0.507 e. The molecule has 0 spiro atoms. The predicted octanol–water partition coefficient (Wildman–Crippen LogP) is 4.69. The molecule has 0 aromatic heterocycles. The zero-order valence-corrected chi connectivity index (χ0v) is 13.0. The summed E-state index contributed by atoms with van der Waals surface area (Å²) in [6.45, 7) is 6.67. The number of hydrogen-bond donors (Lipinski definition) is 2. The Kier molecular flexibility index (Phi) is 4.15. The summed E-state index contributed by atoms with van der Waals surface area (Å²) in [5.41, 5.74) is 5.31. The van der Waals surface area contributed by atoms with Gasteiger partial charge in [-0.2, -0.15) is 0 Å². The van der Waals surface area contributed by atoms with E-state index in [0.29, 0.717) is 5.75 Å². The quantitative estimate of drug-likeness (QED) is 0.860. The van der Waals surface area contributed by atoms with Crippen LogP contribution in [-0.2, 0) is 6.54 Å². The molecule has 19 heavy (non-hydrogen) atoms. The maximum atomic E-state index is 9.77. The second-order valence-corrected chi connectivity index (χ2v) is 5.77. The molecule has 2 nitrogen and oxygen atoms in total. The fraction of sp³-hybridized carbons (Fsp3) is 0.250. The van der Waals surface area contributed by atoms with Crippen molar-refractivity contribution in [3.05, 3.63) is 57.1 Å². The molecule has 2 N–H and O–H groups in total. The Balaban J connectivity index is 2.17. The number of phenolic OH excluding ortho intramolecular Hbond substituents is 1. The summed E-state index contributed by atoms with van der Waals surface area (Å²) in [6, 6.07) is 10.3. The van der Waals surface area contributed by atoms with E-state index in [2.05, 4.69) is 40.3 Å². The molecule has 2 aromatic carbocycles. The van der Waals surface area contributed by atoms with Gasteiger partial charge in [0.25, 0.3) is 0 Å². The molecule has 2 rings (SSSR count). The Hall–Kier alpha value is -1.48. The van der Waals surface area contributed by atoms with Crippen molar-refractivity contribution >= 4 is 21.6 Å². The summed E-state index contributed by atoms with van der Waals surface area (Å²) < 4.78 is 1.06. The van der Waals surface area contributed by atoms with Gasteiger partial charge in [0.05, 0.1) is 0 Å². The Morgan fingerprint density at radius 2 is 1.68 bits per heavy atom. The van der Waals surface area contributed by atoms with E-state index in [9.17, 15) is 5.11 Å². The number of anilines is 1. The lowest BCUT2D eigenvalue weighted by Gasteiger charge is -2.12. The van der Waals surface area contributed by atoms with Crippen molar-refractivity contribution in [2.75, 3.05) is 5.32 Å². The van der Waals surface area contributed by atoms with Crippen molar-refractivity contribution in [3.63, 3.8) is 0 Å². The average Bonchev–Trinajstić information content (AvgIpc) is 2.37. The van der Waals surface area contributed by atoms with E-state index in [1.807, 2.05) is 32.0 Å². The Morgan fingerprint density at radius 1 is 1.05 bits per heavy atom. The molecular weight excluding hydrogens is 302 g/mol. The maximum Gasteiger partial charge on any atom is 0.121 e. The van der Waals surface area contributed by atoms with E-state index in [-0.39, 0.29) is 0 Å². The van der Waals surface area contributed by atoms with Gasteiger partial charge in [-0.3, -0.25) is 0 Å². The summed E-state index contributed by atoms with van der Waals surface area (Å²) in [6.07, 6.45) is 0. The third-order valence-electron chi connectivity index (χ3n) is 3.16. The Morgan fingerprint density at radius 3 is 2.32 bits per heavy atom. The number of rotatable bonds is 3. The molecule has 0 aliphatic heterocycles. The predicted molar refractivity (Wildman–Crippen MR) is 83.8 cm³/mol. The highest BCUT2D eigenvalue weighted by Crippen LogP contribution is 2.26. The van der Waals surface area contributed by atoms with E-state index in [1.54, 1.807) is 0 Å². The van der Waals surface area contributed by atoms with Crippen LogP contribution < -0.4 is 5.32 Å². The van der Waals surface area contributed by atoms with E-state index < -0.39 is 0 Å². The minimum atomic E-state index is 0.389. The Bertz CT molecular complexity index is 585. The number of nitrogens with one attached hydrogen (secondary N) is 1. The lowest BCUT2D eigenvalue weighted by Crippen LogP contribution is -2.01. The number of aryl methyl sites for hydroxylation is 3. The van der Waals surface area contributed by atoms with E-state index in [4.69, 9.17) is 0 Å². The number of halogens is 1. The third-order valence-corrected chi connectivity index (χ3v) is 3.85. The van der Waals surface area contributed by atoms with Crippen LogP contribution in [0, 0.1) is 20.8 Å². The van der Waals surface area contributed by atoms with Crippen molar-refractivity contribution < 1.29 is 5.11 Å². The summed E-state index contributed by atoms with van der Waals surface area (Å²) >= 11 is 3.54. The molecule has 0 heterocycles. The van der Waals surface area contributed by atoms with E-state index in [0.717, 1.165) is 27.8 Å². The lowest BCUT2D eigenvalue weighted by molar-refractivity contribution is 0.466. The van der Waals surface area contributed by atoms with Gasteiger partial charge in [-0.15, -0.1) is 0 Å². The number of benzene rings is 2. The molecule has 0 amide bonds. The van der Waals surface area contributed by atoms with Gasteiger partial charge in [0.15, 0.2) is 0 Å². The van der Waals surface area contributed by atoms with Gasteiger partial charge in [0.2, 0.25) is 0 Å². The highest BCUT2D eigenvalue weighted by molar-refractivity contribution is 9.10. The van der Waals surface area contributed by atoms with Crippen LogP contribution in [-0.4, -0.2) is 5.11 Å². The van der Waals surface area contributed by atoms with Gasteiger partial charge in [-0.1, -0.05) is 18.2 Å². The summed E-state index contributed by atoms with van der Waals surface area (Å²) in [4.78, 5) is 0. The van der Waals surface area contributed by atoms with Gasteiger partial charge >= 0.3 is 0 Å². The standard InChI is InChI=1S/C16H18BrNO/c1-10-4-5-14(17)15(6-10)18-9-13-7-11(2)16(19)12(3)8-13/h4-8,18-19H,9H2,1-3H3. The van der Waals surface area contributed by atoms with Crippen LogP contribution >= 0.6 is 15.9 Å². The zero-order valence-electron chi connectivity index (χ0n) is 11.4. The fourth-order valence-corrected chi connectivity index (χ4v) is 2.51. The van der Waals surface area contributed by atoms with Gasteiger partial charge in [0.1, 0.15) is 5.75 Å². The second-order valence-electron chi connectivity index (χ2n) is 4.92. The van der Waals surface area contributed by atoms with Crippen molar-refractivity contribution in [1.29, 1.82) is 0 Å². The molecule has 3 heteroatoms. The maximum absolute atomic E-state index is 9.77. The van der Waals surface area contributed by atoms with Crippen molar-refractivity contribution in [2.24, 2.45) is 0 Å². The highest BCUT2D eigenvalue weighted by Gasteiger charge is 2.04. The van der Waals surface area contributed by atoms with Crippen LogP contribution in [0.1, 0.15) is 22.3 Å². The van der Waals surface area contributed by atoms with Crippen molar-refractivity contribution in [3.8, 4) is 5.75 Å². The molecule has 0 atom stereocenters. The summed E-state index contributed by atoms with van der Waals surface area (Å²) in [5.74, 6) is 0.389. The monoisotopic (exact) mass is 319 g/mol. The topological polar surface area (TPSA) is 32.3 Å². The minimum absolute atomic E-state index is 0.389. The van der Waals surface area contributed by atoms with Gasteiger partial charge in [-0.05, 0) is 71.1 Å². The molecule has 100 valence electrons. The molecular formula is C16H18BrNO. The summed E-state index contributed by atoms with van der Waals surface area (Å²) in [5, 5.41) is 13.2. The molecule has 0 aliphatic carbocycles. The van der Waals surface area contributed by atoms with Gasteiger partial charge in [-0.25, -0.2) is 0 Å². The zero-order chi connectivity index (χ0) is 14.0. The van der Waals surface area contributed by atoms with Crippen LogP contribution in [0.2, 0.25) is 0 Å². The lowest BCUT2D eigenvalue weighted by atomic mass is 10.1. The molecule has 0 fully saturated rings. The SMILES string of the molecule is Cc1ccc(Br)c(NCc2cc(C)c(O)c(C)c2)c1. The average molecular weight is 320 g/mol.